The Bertz CT molecular complexity index is 1050. The molecule has 2 aromatic carbocycles. The number of benzene rings is 2. The zero-order chi connectivity index (χ0) is 21.0. The molecule has 1 heterocycles. The first-order chi connectivity index (χ1) is 14.0. The SMILES string of the molecule is [C-]#[N+]C1=C(C)NC(C)=C(C(=O)Nc2ccccc2OC)C1c1ccccc1OC. The molecule has 1 atom stereocenters. The van der Waals surface area contributed by atoms with Crippen molar-refractivity contribution in [2.45, 2.75) is 19.8 Å². The number of anilines is 1. The summed E-state index contributed by atoms with van der Waals surface area (Å²) in [6, 6.07) is 14.7. The van der Waals surface area contributed by atoms with Gasteiger partial charge in [-0.05, 0) is 37.6 Å². The minimum atomic E-state index is -0.542. The first-order valence-corrected chi connectivity index (χ1v) is 9.15. The third-order valence-corrected chi connectivity index (χ3v) is 4.90. The van der Waals surface area contributed by atoms with Crippen LogP contribution in [-0.2, 0) is 4.79 Å². The predicted octanol–water partition coefficient (Wildman–Crippen LogP) is 4.45. The molecule has 2 N–H and O–H groups in total. The number of hydrogen-bond acceptors (Lipinski definition) is 4. The molecule has 148 valence electrons. The largest absolute Gasteiger partial charge is 0.496 e. The molecule has 0 saturated heterocycles. The van der Waals surface area contributed by atoms with Gasteiger partial charge in [0.25, 0.3) is 5.91 Å². The van der Waals surface area contributed by atoms with Crippen molar-refractivity contribution in [2.75, 3.05) is 19.5 Å². The van der Waals surface area contributed by atoms with E-state index < -0.39 is 5.92 Å². The first-order valence-electron chi connectivity index (χ1n) is 9.15. The topological polar surface area (TPSA) is 64.0 Å². The lowest BCUT2D eigenvalue weighted by Crippen LogP contribution is -2.30. The second kappa shape index (κ2) is 8.53. The van der Waals surface area contributed by atoms with E-state index in [1.807, 2.05) is 50.2 Å². The molecule has 1 amide bonds. The van der Waals surface area contributed by atoms with Crippen LogP contribution < -0.4 is 20.1 Å². The number of hydrogen-bond donors (Lipinski definition) is 2. The summed E-state index contributed by atoms with van der Waals surface area (Å²) in [6.07, 6.45) is 0. The van der Waals surface area contributed by atoms with Crippen molar-refractivity contribution in [2.24, 2.45) is 0 Å². The van der Waals surface area contributed by atoms with E-state index in [4.69, 9.17) is 16.0 Å². The molecule has 0 aromatic heterocycles. The molecular weight excluding hydrogens is 366 g/mol. The zero-order valence-corrected chi connectivity index (χ0v) is 16.9. The fraction of sp³-hybridized carbons (Fsp3) is 0.217. The van der Waals surface area contributed by atoms with Gasteiger partial charge in [-0.3, -0.25) is 4.79 Å². The van der Waals surface area contributed by atoms with E-state index in [1.54, 1.807) is 26.4 Å². The highest BCUT2D eigenvalue weighted by Gasteiger charge is 2.35. The van der Waals surface area contributed by atoms with E-state index in [9.17, 15) is 4.79 Å². The van der Waals surface area contributed by atoms with E-state index in [0.717, 1.165) is 11.3 Å². The van der Waals surface area contributed by atoms with Crippen LogP contribution in [0.15, 0.2) is 71.2 Å². The third-order valence-electron chi connectivity index (χ3n) is 4.90. The van der Waals surface area contributed by atoms with Gasteiger partial charge in [-0.2, -0.15) is 0 Å². The molecule has 1 unspecified atom stereocenters. The number of amides is 1. The predicted molar refractivity (Wildman–Crippen MR) is 112 cm³/mol. The second-order valence-electron chi connectivity index (χ2n) is 6.62. The lowest BCUT2D eigenvalue weighted by molar-refractivity contribution is -0.113. The molecule has 0 spiro atoms. The van der Waals surface area contributed by atoms with E-state index in [-0.39, 0.29) is 5.91 Å². The Hall–Kier alpha value is -3.72. The molecule has 0 radical (unpaired) electrons. The minimum absolute atomic E-state index is 0.302. The molecule has 0 fully saturated rings. The Morgan fingerprint density at radius 2 is 1.62 bits per heavy atom. The maximum Gasteiger partial charge on any atom is 0.253 e. The maximum absolute atomic E-state index is 13.4. The summed E-state index contributed by atoms with van der Waals surface area (Å²) in [4.78, 5) is 17.1. The van der Waals surface area contributed by atoms with Crippen LogP contribution in [0.25, 0.3) is 4.85 Å². The van der Waals surface area contributed by atoms with Crippen LogP contribution in [-0.4, -0.2) is 20.1 Å². The second-order valence-corrected chi connectivity index (χ2v) is 6.62. The van der Waals surface area contributed by atoms with Gasteiger partial charge in [0, 0.05) is 17.0 Å². The Morgan fingerprint density at radius 3 is 2.28 bits per heavy atom. The number of dihydropyridines is 1. The van der Waals surface area contributed by atoms with Gasteiger partial charge in [-0.25, -0.2) is 4.85 Å². The Kier molecular flexibility index (Phi) is 5.89. The minimum Gasteiger partial charge on any atom is -0.496 e. The lowest BCUT2D eigenvalue weighted by Gasteiger charge is -2.29. The van der Waals surface area contributed by atoms with Gasteiger partial charge in [-0.15, -0.1) is 0 Å². The van der Waals surface area contributed by atoms with Gasteiger partial charge in [0.05, 0.1) is 32.4 Å². The van der Waals surface area contributed by atoms with Gasteiger partial charge >= 0.3 is 0 Å². The molecule has 6 nitrogen and oxygen atoms in total. The Balaban J connectivity index is 2.10. The fourth-order valence-electron chi connectivity index (χ4n) is 3.58. The molecule has 1 aliphatic heterocycles. The molecule has 0 saturated carbocycles. The lowest BCUT2D eigenvalue weighted by atomic mass is 9.83. The number of nitrogens with zero attached hydrogens (tertiary/aromatic N) is 1. The smallest absolute Gasteiger partial charge is 0.253 e. The fourth-order valence-corrected chi connectivity index (χ4v) is 3.58. The van der Waals surface area contributed by atoms with Crippen LogP contribution >= 0.6 is 0 Å². The van der Waals surface area contributed by atoms with Crippen molar-refractivity contribution in [1.82, 2.24) is 5.32 Å². The highest BCUT2D eigenvalue weighted by Crippen LogP contribution is 2.42. The summed E-state index contributed by atoms with van der Waals surface area (Å²) >= 11 is 0. The summed E-state index contributed by atoms with van der Waals surface area (Å²) in [6.45, 7) is 11.4. The zero-order valence-electron chi connectivity index (χ0n) is 16.9. The molecule has 0 bridgehead atoms. The average Bonchev–Trinajstić information content (AvgIpc) is 2.73. The molecule has 0 aliphatic carbocycles. The first kappa shape index (κ1) is 20.0. The number of carbonyl (C=O) groups is 1. The van der Waals surface area contributed by atoms with Crippen LogP contribution in [0.3, 0.4) is 0 Å². The molecular formula is C23H23N3O3. The van der Waals surface area contributed by atoms with Crippen molar-refractivity contribution in [3.63, 3.8) is 0 Å². The average molecular weight is 389 g/mol. The third kappa shape index (κ3) is 3.81. The van der Waals surface area contributed by atoms with Crippen molar-refractivity contribution < 1.29 is 14.3 Å². The highest BCUT2D eigenvalue weighted by atomic mass is 16.5. The number of nitrogens with one attached hydrogen (secondary N) is 2. The summed E-state index contributed by atoms with van der Waals surface area (Å²) in [5.41, 5.74) is 3.68. The summed E-state index contributed by atoms with van der Waals surface area (Å²) in [5, 5.41) is 6.11. The van der Waals surface area contributed by atoms with E-state index in [2.05, 4.69) is 15.5 Å². The van der Waals surface area contributed by atoms with Gasteiger partial charge in [0.2, 0.25) is 0 Å². The van der Waals surface area contributed by atoms with E-state index >= 15 is 0 Å². The van der Waals surface area contributed by atoms with Crippen molar-refractivity contribution >= 4 is 11.6 Å². The Labute approximate surface area is 170 Å². The van der Waals surface area contributed by atoms with E-state index in [0.29, 0.717) is 34.2 Å². The maximum atomic E-state index is 13.4. The number of ether oxygens (including phenoxy) is 2. The summed E-state index contributed by atoms with van der Waals surface area (Å²) < 4.78 is 10.9. The molecule has 29 heavy (non-hydrogen) atoms. The van der Waals surface area contributed by atoms with Crippen LogP contribution in [0.1, 0.15) is 25.3 Å². The quantitative estimate of drug-likeness (QED) is 0.742. The standard InChI is InChI=1S/C23H23N3O3/c1-14-20(23(27)26-17-11-7-9-13-19(17)29-5)21(22(24-3)15(2)25-14)16-10-6-8-12-18(16)28-4/h6-13,21,25H,1-2,4-5H3,(H,26,27). The van der Waals surface area contributed by atoms with Gasteiger partial charge < -0.3 is 20.1 Å². The molecule has 6 heteroatoms. The summed E-state index contributed by atoms with van der Waals surface area (Å²) in [5.74, 6) is 0.348. The van der Waals surface area contributed by atoms with Gasteiger partial charge in [0.15, 0.2) is 5.70 Å². The van der Waals surface area contributed by atoms with E-state index in [1.165, 1.54) is 0 Å². The van der Waals surface area contributed by atoms with Gasteiger partial charge in [-0.1, -0.05) is 30.3 Å². The number of allylic oxidation sites excluding steroid dienone is 3. The normalized spacial score (nSPS) is 16.0. The molecule has 1 aliphatic rings. The van der Waals surface area contributed by atoms with Crippen molar-refractivity contribution in [3.8, 4) is 11.5 Å². The number of para-hydroxylation sites is 3. The van der Waals surface area contributed by atoms with Crippen LogP contribution in [0.4, 0.5) is 5.69 Å². The molecule has 2 aromatic rings. The number of rotatable bonds is 5. The highest BCUT2D eigenvalue weighted by molar-refractivity contribution is 6.07. The summed E-state index contributed by atoms with van der Waals surface area (Å²) in [7, 11) is 3.14. The monoisotopic (exact) mass is 389 g/mol. The Morgan fingerprint density at radius 1 is 1.00 bits per heavy atom. The molecule has 3 rings (SSSR count). The van der Waals surface area contributed by atoms with Gasteiger partial charge in [0.1, 0.15) is 11.5 Å². The van der Waals surface area contributed by atoms with Crippen molar-refractivity contribution in [3.05, 3.63) is 88.2 Å². The van der Waals surface area contributed by atoms with Crippen molar-refractivity contribution in [1.29, 1.82) is 0 Å². The van der Waals surface area contributed by atoms with Crippen LogP contribution in [0, 0.1) is 6.57 Å². The number of carbonyl (C=O) groups excluding carboxylic acids is 1. The van der Waals surface area contributed by atoms with Crippen LogP contribution in [0.2, 0.25) is 0 Å². The number of methoxy groups -OCH3 is 2. The van der Waals surface area contributed by atoms with Crippen LogP contribution in [0.5, 0.6) is 11.5 Å².